The topological polar surface area (TPSA) is 46.2 Å². The van der Waals surface area contributed by atoms with Gasteiger partial charge >= 0.3 is 0 Å². The minimum atomic E-state index is -1.19. The Morgan fingerprint density at radius 3 is 2.31 bits per heavy atom. The summed E-state index contributed by atoms with van der Waals surface area (Å²) in [6, 6.07) is 17.0. The lowest BCUT2D eigenvalue weighted by Gasteiger charge is -2.51. The summed E-state index contributed by atoms with van der Waals surface area (Å²) in [6.45, 7) is 4.14. The smallest absolute Gasteiger partial charge is 0.225 e. The van der Waals surface area contributed by atoms with Crippen LogP contribution in [0.4, 0.5) is 4.39 Å². The molecular weight excluding hydrogens is 536 g/mol. The molecule has 10 heteroatoms. The van der Waals surface area contributed by atoms with Crippen molar-refractivity contribution in [3.8, 4) is 10.4 Å². The molecule has 3 aromatic rings. The van der Waals surface area contributed by atoms with E-state index in [1.165, 1.54) is 17.0 Å². The molecule has 194 valence electrons. The lowest BCUT2D eigenvalue weighted by Crippen LogP contribution is -2.63. The minimum absolute atomic E-state index is 0.233. The maximum Gasteiger partial charge on any atom is 0.225 e. The van der Waals surface area contributed by atoms with E-state index in [4.69, 9.17) is 23.0 Å². The Bertz CT molecular complexity index is 1160. The molecule has 0 spiro atoms. The van der Waals surface area contributed by atoms with Crippen molar-refractivity contribution in [1.82, 2.24) is 0 Å². The lowest BCUT2D eigenvalue weighted by atomic mass is 9.86. The average Bonchev–Trinajstić information content (AvgIpc) is 3.37. The van der Waals surface area contributed by atoms with Crippen LogP contribution < -0.4 is 0 Å². The predicted octanol–water partition coefficient (Wildman–Crippen LogP) is 6.59. The standard InChI is InChI=1S/C26H32FO5P3S/c1-4-21-23(30-33)24(31-34)25(32-35)26(28-3,29-21)18-8-5-15(2)17(13-18)14-20-11-12-22(36-20)16-6-9-19(27)10-7-16/h5-13,21,23-25H,4,14,33-35H2,1-3H3/t21-,23-,24+,25-,26?/m1/s1. The molecule has 4 unspecified atom stereocenters. The first kappa shape index (κ1) is 28.2. The van der Waals surface area contributed by atoms with Crippen molar-refractivity contribution in [3.05, 3.63) is 82.0 Å². The molecule has 0 saturated carbocycles. The number of halogens is 1. The molecule has 0 aliphatic carbocycles. The van der Waals surface area contributed by atoms with Gasteiger partial charge in [0.2, 0.25) is 5.79 Å². The SMILES string of the molecule is CC[C@H]1OC(OC)(c2ccc(C)c(Cc3ccc(-c4ccc(F)cc4)s3)c2)[C@H](OP)[C@@H](OP)[C@@H]1OP. The fourth-order valence-corrected chi connectivity index (χ4v) is 6.78. The van der Waals surface area contributed by atoms with Gasteiger partial charge in [-0.15, -0.1) is 11.3 Å². The van der Waals surface area contributed by atoms with Gasteiger partial charge < -0.3 is 23.0 Å². The van der Waals surface area contributed by atoms with Gasteiger partial charge in [-0.2, -0.15) is 0 Å². The van der Waals surface area contributed by atoms with Gasteiger partial charge in [0.1, 0.15) is 24.1 Å². The third kappa shape index (κ3) is 5.47. The fourth-order valence-electron chi connectivity index (χ4n) is 4.78. The second-order valence-electron chi connectivity index (χ2n) is 8.79. The molecule has 0 bridgehead atoms. The van der Waals surface area contributed by atoms with Gasteiger partial charge in [-0.25, -0.2) is 4.39 Å². The zero-order valence-electron chi connectivity index (χ0n) is 20.5. The van der Waals surface area contributed by atoms with E-state index >= 15 is 0 Å². The van der Waals surface area contributed by atoms with Crippen LogP contribution in [0.25, 0.3) is 10.4 Å². The van der Waals surface area contributed by atoms with E-state index in [1.807, 2.05) is 25.1 Å². The molecule has 1 fully saturated rings. The van der Waals surface area contributed by atoms with Gasteiger partial charge in [0.25, 0.3) is 0 Å². The van der Waals surface area contributed by atoms with Crippen molar-refractivity contribution in [1.29, 1.82) is 0 Å². The van der Waals surface area contributed by atoms with Crippen molar-refractivity contribution in [2.45, 2.75) is 56.9 Å². The van der Waals surface area contributed by atoms with Crippen LogP contribution in [-0.2, 0) is 35.3 Å². The Hall–Kier alpha value is -0.840. The van der Waals surface area contributed by atoms with Crippen LogP contribution in [0.1, 0.15) is 34.9 Å². The van der Waals surface area contributed by atoms with E-state index in [0.29, 0.717) is 6.42 Å². The molecule has 0 amide bonds. The van der Waals surface area contributed by atoms with Crippen molar-refractivity contribution >= 4 is 39.7 Å². The number of aryl methyl sites for hydroxylation is 1. The van der Waals surface area contributed by atoms with Crippen LogP contribution in [0, 0.1) is 12.7 Å². The van der Waals surface area contributed by atoms with Gasteiger partial charge in [-0.05, 0) is 60.4 Å². The van der Waals surface area contributed by atoms with Crippen LogP contribution in [-0.4, -0.2) is 31.5 Å². The summed E-state index contributed by atoms with van der Waals surface area (Å²) in [4.78, 5) is 2.31. The van der Waals surface area contributed by atoms with Crippen molar-refractivity contribution < 1.29 is 27.4 Å². The van der Waals surface area contributed by atoms with Crippen molar-refractivity contribution in [2.24, 2.45) is 0 Å². The van der Waals surface area contributed by atoms with Crippen molar-refractivity contribution in [2.75, 3.05) is 7.11 Å². The fraction of sp³-hybridized carbons (Fsp3) is 0.385. The zero-order chi connectivity index (χ0) is 25.9. The quantitative estimate of drug-likeness (QED) is 0.273. The van der Waals surface area contributed by atoms with E-state index in [0.717, 1.165) is 33.6 Å². The first-order chi connectivity index (χ1) is 17.4. The van der Waals surface area contributed by atoms with Crippen LogP contribution >= 0.6 is 39.7 Å². The van der Waals surface area contributed by atoms with E-state index in [-0.39, 0.29) is 18.0 Å². The summed E-state index contributed by atoms with van der Waals surface area (Å²) in [6.07, 6.45) is -0.240. The zero-order valence-corrected chi connectivity index (χ0v) is 24.8. The minimum Gasteiger partial charge on any atom is -0.357 e. The normalized spacial score (nSPS) is 26.3. The van der Waals surface area contributed by atoms with Crippen LogP contribution in [0.5, 0.6) is 0 Å². The van der Waals surface area contributed by atoms with Gasteiger partial charge in [-0.1, -0.05) is 31.2 Å². The molecule has 8 atom stereocenters. The highest BCUT2D eigenvalue weighted by atomic mass is 32.1. The van der Waals surface area contributed by atoms with Crippen LogP contribution in [0.15, 0.2) is 54.6 Å². The Labute approximate surface area is 223 Å². The maximum absolute atomic E-state index is 13.3. The highest BCUT2D eigenvalue weighted by molar-refractivity contribution is 7.15. The molecular formula is C26H32FO5P3S. The molecule has 36 heavy (non-hydrogen) atoms. The monoisotopic (exact) mass is 568 g/mol. The van der Waals surface area contributed by atoms with E-state index in [2.05, 4.69) is 59.6 Å². The van der Waals surface area contributed by atoms with E-state index in [1.54, 1.807) is 18.4 Å². The molecule has 1 saturated heterocycles. The number of methoxy groups -OCH3 is 1. The number of thiophene rings is 1. The Kier molecular flexibility index (Phi) is 9.66. The summed E-state index contributed by atoms with van der Waals surface area (Å²) in [7, 11) is 8.58. The van der Waals surface area contributed by atoms with E-state index < -0.39 is 18.0 Å². The predicted molar refractivity (Wildman–Crippen MR) is 151 cm³/mol. The Morgan fingerprint density at radius 2 is 1.69 bits per heavy atom. The second-order valence-corrected chi connectivity index (χ2v) is 10.8. The summed E-state index contributed by atoms with van der Waals surface area (Å²) in [5.41, 5.74) is 4.18. The highest BCUT2D eigenvalue weighted by Crippen LogP contribution is 2.45. The molecule has 1 aromatic heterocycles. The molecule has 4 rings (SSSR count). The summed E-state index contributed by atoms with van der Waals surface area (Å²) in [5.74, 6) is -1.43. The number of benzene rings is 2. The summed E-state index contributed by atoms with van der Waals surface area (Å²) in [5, 5.41) is 0. The highest BCUT2D eigenvalue weighted by Gasteiger charge is 2.57. The van der Waals surface area contributed by atoms with Gasteiger partial charge in [0, 0.05) is 57.2 Å². The molecule has 1 aliphatic heterocycles. The second kappa shape index (κ2) is 12.3. The van der Waals surface area contributed by atoms with Crippen LogP contribution in [0.3, 0.4) is 0 Å². The van der Waals surface area contributed by atoms with Crippen molar-refractivity contribution in [3.63, 3.8) is 0 Å². The number of rotatable bonds is 9. The molecule has 1 aliphatic rings. The largest absolute Gasteiger partial charge is 0.357 e. The van der Waals surface area contributed by atoms with Gasteiger partial charge in [0.15, 0.2) is 0 Å². The number of ether oxygens (including phenoxy) is 2. The van der Waals surface area contributed by atoms with Crippen LogP contribution in [0.2, 0.25) is 0 Å². The van der Waals surface area contributed by atoms with E-state index in [9.17, 15) is 4.39 Å². The summed E-state index contributed by atoms with van der Waals surface area (Å²) >= 11 is 1.70. The number of hydrogen-bond acceptors (Lipinski definition) is 6. The first-order valence-electron chi connectivity index (χ1n) is 11.6. The third-order valence-electron chi connectivity index (χ3n) is 6.76. The molecule has 0 radical (unpaired) electrons. The summed E-state index contributed by atoms with van der Waals surface area (Å²) < 4.78 is 43.3. The Morgan fingerprint density at radius 1 is 0.972 bits per heavy atom. The third-order valence-corrected chi connectivity index (χ3v) is 8.82. The van der Waals surface area contributed by atoms with Gasteiger partial charge in [-0.3, -0.25) is 0 Å². The first-order valence-corrected chi connectivity index (χ1v) is 13.9. The molecule has 2 aromatic carbocycles. The molecule has 2 heterocycles. The Balaban J connectivity index is 1.68. The van der Waals surface area contributed by atoms with Gasteiger partial charge in [0.05, 0.1) is 6.10 Å². The maximum atomic E-state index is 13.3. The lowest BCUT2D eigenvalue weighted by molar-refractivity contribution is -0.349. The molecule has 0 N–H and O–H groups in total. The molecule has 5 nitrogen and oxygen atoms in total. The average molecular weight is 569 g/mol. The number of hydrogen-bond donors (Lipinski definition) is 0.